The van der Waals surface area contributed by atoms with Crippen molar-refractivity contribution in [1.82, 2.24) is 0 Å². The van der Waals surface area contributed by atoms with Crippen LogP contribution in [0.1, 0.15) is 15.9 Å². The Hall–Kier alpha value is -1.25. The average Bonchev–Trinajstić information content (AvgIpc) is 2.18. The number of esters is 1. The molecule has 0 aliphatic heterocycles. The van der Waals surface area contributed by atoms with Crippen LogP contribution < -0.4 is 0 Å². The Bertz CT molecular complexity index is 279. The van der Waals surface area contributed by atoms with Crippen LogP contribution in [0.25, 0.3) is 0 Å². The summed E-state index contributed by atoms with van der Waals surface area (Å²) in [6.45, 7) is 2.13. The van der Waals surface area contributed by atoms with Crippen LogP contribution in [0.5, 0.6) is 0 Å². The maximum absolute atomic E-state index is 11.1. The van der Waals surface area contributed by atoms with Crippen LogP contribution in [-0.2, 0) is 11.1 Å². The van der Waals surface area contributed by atoms with Crippen molar-refractivity contribution in [2.75, 3.05) is 7.11 Å². The van der Waals surface area contributed by atoms with Gasteiger partial charge in [0, 0.05) is 0 Å². The second-order valence-corrected chi connectivity index (χ2v) is 2.94. The van der Waals surface area contributed by atoms with Crippen LogP contribution in [0.15, 0.2) is 24.3 Å². The fraction of sp³-hybridized carbons (Fsp3) is 0.300. The van der Waals surface area contributed by atoms with Crippen molar-refractivity contribution in [1.29, 1.82) is 0 Å². The molecule has 0 radical (unpaired) electrons. The van der Waals surface area contributed by atoms with Gasteiger partial charge in [-0.1, -0.05) is 30.8 Å². The summed E-state index contributed by atoms with van der Waals surface area (Å²) < 4.78 is 4.60. The largest absolute Gasteiger partial charge is 0.465 e. The first-order valence-electron chi connectivity index (χ1n) is 4.45. The zero-order valence-corrected chi connectivity index (χ0v) is 8.04. The Morgan fingerprint density at radius 2 is 2.00 bits per heavy atom. The number of hydrogen-bond acceptors (Lipinski definition) is 2. The minimum absolute atomic E-state index is 0.275. The van der Waals surface area contributed by atoms with Crippen molar-refractivity contribution in [2.45, 2.75) is 13.1 Å². The van der Waals surface area contributed by atoms with Gasteiger partial charge in [0.25, 0.3) is 0 Å². The molecule has 0 aliphatic rings. The molecule has 0 heterocycles. The lowest BCUT2D eigenvalue weighted by Crippen LogP contribution is -2.01. The van der Waals surface area contributed by atoms with E-state index < -0.39 is 0 Å². The van der Waals surface area contributed by atoms with Crippen LogP contribution in [0.3, 0.4) is 0 Å². The zero-order valence-electron chi connectivity index (χ0n) is 8.04. The number of rotatable bonds is 3. The van der Waals surface area contributed by atoms with Gasteiger partial charge in [0.15, 0.2) is 0 Å². The lowest BCUT2D eigenvalue weighted by Gasteiger charge is -2.00. The third-order valence-corrected chi connectivity index (χ3v) is 1.91. The van der Waals surface area contributed by atoms with Crippen molar-refractivity contribution < 1.29 is 9.53 Å². The fourth-order valence-electron chi connectivity index (χ4n) is 1.21. The molecular weight excluding hydrogens is 163 g/mol. The highest BCUT2D eigenvalue weighted by atomic mass is 16.5. The summed E-state index contributed by atoms with van der Waals surface area (Å²) in [6.07, 6.45) is 1.06. The van der Waals surface area contributed by atoms with Crippen molar-refractivity contribution in [3.05, 3.63) is 35.4 Å². The topological polar surface area (TPSA) is 26.3 Å². The molecule has 68 valence electrons. The quantitative estimate of drug-likeness (QED) is 0.514. The van der Waals surface area contributed by atoms with Gasteiger partial charge in [-0.15, -0.1) is 0 Å². The Morgan fingerprint density at radius 1 is 1.38 bits per heavy atom. The number of methoxy groups -OCH3 is 1. The molecule has 0 unspecified atom stereocenters. The fourth-order valence-corrected chi connectivity index (χ4v) is 1.21. The van der Waals surface area contributed by atoms with Crippen LogP contribution in [-0.4, -0.2) is 20.4 Å². The van der Waals surface area contributed by atoms with Gasteiger partial charge in [-0.2, -0.15) is 0 Å². The number of carbonyl (C=O) groups excluding carboxylic acids is 1. The molecule has 0 amide bonds. The van der Waals surface area contributed by atoms with E-state index in [1.54, 1.807) is 12.1 Å². The van der Waals surface area contributed by atoms with Crippen LogP contribution in [0, 0.1) is 0 Å². The summed E-state index contributed by atoms with van der Waals surface area (Å²) in [5.74, 6) is -0.275. The Kier molecular flexibility index (Phi) is 3.56. The highest BCUT2D eigenvalue weighted by molar-refractivity contribution is 6.32. The van der Waals surface area contributed by atoms with E-state index in [0.29, 0.717) is 5.56 Å². The second-order valence-electron chi connectivity index (χ2n) is 2.94. The molecule has 1 aromatic rings. The molecule has 0 atom stereocenters. The maximum Gasteiger partial charge on any atom is 0.337 e. The van der Waals surface area contributed by atoms with E-state index in [1.807, 2.05) is 12.1 Å². The van der Waals surface area contributed by atoms with Crippen molar-refractivity contribution >= 4 is 13.2 Å². The first-order chi connectivity index (χ1) is 6.27. The molecule has 0 saturated carbocycles. The molecule has 0 aliphatic carbocycles. The summed E-state index contributed by atoms with van der Waals surface area (Å²) in [4.78, 5) is 11.1. The van der Waals surface area contributed by atoms with Crippen LogP contribution in [0.4, 0.5) is 0 Å². The first kappa shape index (κ1) is 9.84. The van der Waals surface area contributed by atoms with E-state index in [-0.39, 0.29) is 5.97 Å². The van der Waals surface area contributed by atoms with Gasteiger partial charge < -0.3 is 4.74 Å². The Morgan fingerprint density at radius 3 is 2.46 bits per heavy atom. The molecule has 1 aromatic carbocycles. The van der Waals surface area contributed by atoms with Gasteiger partial charge in [0.1, 0.15) is 7.28 Å². The van der Waals surface area contributed by atoms with E-state index in [9.17, 15) is 4.79 Å². The van der Waals surface area contributed by atoms with Crippen LogP contribution in [0.2, 0.25) is 6.82 Å². The predicted octanol–water partition coefficient (Wildman–Crippen LogP) is 1.46. The lowest BCUT2D eigenvalue weighted by atomic mass is 9.75. The number of hydrogen-bond donors (Lipinski definition) is 0. The van der Waals surface area contributed by atoms with Gasteiger partial charge in [0.2, 0.25) is 0 Å². The molecule has 0 N–H and O–H groups in total. The minimum Gasteiger partial charge on any atom is -0.465 e. The summed E-state index contributed by atoms with van der Waals surface area (Å²) in [7, 11) is 2.51. The van der Waals surface area contributed by atoms with Crippen molar-refractivity contribution in [3.8, 4) is 0 Å². The molecular formula is C10H13BO2. The van der Waals surface area contributed by atoms with E-state index in [4.69, 9.17) is 0 Å². The van der Waals surface area contributed by atoms with Gasteiger partial charge in [0.05, 0.1) is 12.7 Å². The molecule has 0 saturated heterocycles. The highest BCUT2D eigenvalue weighted by Gasteiger charge is 2.03. The van der Waals surface area contributed by atoms with Gasteiger partial charge >= 0.3 is 5.97 Å². The van der Waals surface area contributed by atoms with E-state index in [0.717, 1.165) is 13.6 Å². The molecule has 3 heteroatoms. The normalized spacial score (nSPS) is 9.38. The van der Waals surface area contributed by atoms with Gasteiger partial charge in [-0.05, 0) is 12.1 Å². The third kappa shape index (κ3) is 2.62. The summed E-state index contributed by atoms with van der Waals surface area (Å²) in [6, 6.07) is 7.54. The van der Waals surface area contributed by atoms with Gasteiger partial charge in [-0.3, -0.25) is 0 Å². The standard InChI is InChI=1S/C10H13BO2/c1-11-7-8-3-5-9(6-4-8)10(12)13-2/h3-6,11H,7H2,1-2H3. The van der Waals surface area contributed by atoms with E-state index >= 15 is 0 Å². The van der Waals surface area contributed by atoms with Crippen LogP contribution >= 0.6 is 0 Å². The highest BCUT2D eigenvalue weighted by Crippen LogP contribution is 2.05. The maximum atomic E-state index is 11.1. The summed E-state index contributed by atoms with van der Waals surface area (Å²) >= 11 is 0. The monoisotopic (exact) mass is 176 g/mol. The SMILES string of the molecule is CBCc1ccc(C(=O)OC)cc1. The molecule has 2 nitrogen and oxygen atoms in total. The minimum atomic E-state index is -0.275. The molecule has 0 spiro atoms. The average molecular weight is 176 g/mol. The summed E-state index contributed by atoms with van der Waals surface area (Å²) in [5, 5.41) is 0. The summed E-state index contributed by atoms with van der Waals surface area (Å²) in [5.41, 5.74) is 1.87. The Labute approximate surface area is 79.2 Å². The molecule has 1 rings (SSSR count). The number of ether oxygens (including phenoxy) is 1. The van der Waals surface area contributed by atoms with Gasteiger partial charge in [-0.25, -0.2) is 4.79 Å². The lowest BCUT2D eigenvalue weighted by molar-refractivity contribution is 0.0601. The number of benzene rings is 1. The zero-order chi connectivity index (χ0) is 9.68. The molecule has 0 aromatic heterocycles. The number of carbonyl (C=O) groups is 1. The Balaban J connectivity index is 2.75. The predicted molar refractivity (Wildman–Crippen MR) is 54.5 cm³/mol. The van der Waals surface area contributed by atoms with Crippen molar-refractivity contribution in [2.24, 2.45) is 0 Å². The third-order valence-electron chi connectivity index (χ3n) is 1.91. The molecule has 13 heavy (non-hydrogen) atoms. The first-order valence-corrected chi connectivity index (χ1v) is 4.45. The molecule has 0 bridgehead atoms. The van der Waals surface area contributed by atoms with Crippen molar-refractivity contribution in [3.63, 3.8) is 0 Å². The van der Waals surface area contributed by atoms with E-state index in [1.165, 1.54) is 12.7 Å². The smallest absolute Gasteiger partial charge is 0.337 e. The van der Waals surface area contributed by atoms with E-state index in [2.05, 4.69) is 11.6 Å². The molecule has 0 fully saturated rings. The second kappa shape index (κ2) is 4.70.